The topological polar surface area (TPSA) is 69.6 Å². The Bertz CT molecular complexity index is 598. The molecule has 1 fully saturated rings. The first-order valence-corrected chi connectivity index (χ1v) is 8.69. The van der Waals surface area contributed by atoms with Gasteiger partial charge in [0.25, 0.3) is 5.91 Å². The van der Waals surface area contributed by atoms with Gasteiger partial charge < -0.3 is 15.3 Å². The van der Waals surface area contributed by atoms with Crippen LogP contribution in [-0.4, -0.2) is 41.5 Å². The van der Waals surface area contributed by atoms with E-state index in [0.717, 1.165) is 25.8 Å². The molecule has 132 valence electrons. The summed E-state index contributed by atoms with van der Waals surface area (Å²) < 4.78 is 0. The highest BCUT2D eigenvalue weighted by atomic mass is 16.3. The fourth-order valence-corrected chi connectivity index (χ4v) is 2.77. The molecule has 1 heterocycles. The Kier molecular flexibility index (Phi) is 5.99. The monoisotopic (exact) mass is 332 g/mol. The number of carbonyl (C=O) groups excluding carboxylic acids is 2. The number of nitrogens with one attached hydrogen (secondary N) is 1. The Hall–Kier alpha value is -1.88. The Morgan fingerprint density at radius 2 is 2.12 bits per heavy atom. The molecule has 0 aromatic heterocycles. The van der Waals surface area contributed by atoms with Gasteiger partial charge in [-0.15, -0.1) is 0 Å². The number of benzene rings is 1. The molecule has 2 amide bonds. The van der Waals surface area contributed by atoms with Crippen molar-refractivity contribution in [2.45, 2.75) is 40.0 Å². The summed E-state index contributed by atoms with van der Waals surface area (Å²) in [5, 5.41) is 12.2. The second-order valence-electron chi connectivity index (χ2n) is 7.21. The number of carbonyl (C=O) groups is 2. The first kappa shape index (κ1) is 18.5. The summed E-state index contributed by atoms with van der Waals surface area (Å²) in [6.45, 7) is 7.21. The molecule has 2 rings (SSSR count). The van der Waals surface area contributed by atoms with Crippen molar-refractivity contribution in [3.63, 3.8) is 0 Å². The number of aliphatic hydroxyl groups excluding tert-OH is 1. The number of hydrogen-bond acceptors (Lipinski definition) is 3. The van der Waals surface area contributed by atoms with Crippen LogP contribution in [0.25, 0.3) is 0 Å². The van der Waals surface area contributed by atoms with Gasteiger partial charge in [-0.05, 0) is 43.4 Å². The van der Waals surface area contributed by atoms with Crippen molar-refractivity contribution in [3.05, 3.63) is 29.8 Å². The van der Waals surface area contributed by atoms with Gasteiger partial charge in [-0.3, -0.25) is 9.59 Å². The van der Waals surface area contributed by atoms with Crippen LogP contribution in [0.2, 0.25) is 0 Å². The molecular formula is C19H28N2O3. The number of aliphatic hydroxyl groups is 1. The molecule has 24 heavy (non-hydrogen) atoms. The van der Waals surface area contributed by atoms with Crippen LogP contribution >= 0.6 is 0 Å². The third-order valence-electron chi connectivity index (χ3n) is 4.93. The number of amides is 2. The largest absolute Gasteiger partial charge is 0.396 e. The van der Waals surface area contributed by atoms with Crippen LogP contribution in [-0.2, 0) is 4.79 Å². The fourth-order valence-electron chi connectivity index (χ4n) is 2.77. The Balaban J connectivity index is 2.09. The summed E-state index contributed by atoms with van der Waals surface area (Å²) in [6.07, 6.45) is 2.62. The summed E-state index contributed by atoms with van der Waals surface area (Å²) in [5.41, 5.74) is 0.769. The molecule has 2 N–H and O–H groups in total. The van der Waals surface area contributed by atoms with Gasteiger partial charge in [-0.2, -0.15) is 0 Å². The van der Waals surface area contributed by atoms with Crippen molar-refractivity contribution in [2.75, 3.05) is 25.0 Å². The Labute approximate surface area is 144 Å². The zero-order chi connectivity index (χ0) is 17.7. The van der Waals surface area contributed by atoms with Crippen LogP contribution in [0.1, 0.15) is 50.4 Å². The Morgan fingerprint density at radius 1 is 1.38 bits per heavy atom. The summed E-state index contributed by atoms with van der Waals surface area (Å²) in [6, 6.07) is 7.09. The maximum atomic E-state index is 12.7. The SMILES string of the molecule is CCC(C)(C)C(=O)Nc1cccc(C(=O)N2CCCC(CO)C2)c1. The van der Waals surface area contributed by atoms with Crippen LogP contribution in [0.5, 0.6) is 0 Å². The second kappa shape index (κ2) is 7.79. The van der Waals surface area contributed by atoms with E-state index in [1.165, 1.54) is 0 Å². The van der Waals surface area contributed by atoms with E-state index in [-0.39, 0.29) is 24.3 Å². The van der Waals surface area contributed by atoms with E-state index < -0.39 is 5.41 Å². The molecule has 1 unspecified atom stereocenters. The molecular weight excluding hydrogens is 304 g/mol. The molecule has 1 aromatic rings. The third-order valence-corrected chi connectivity index (χ3v) is 4.93. The molecule has 1 atom stereocenters. The van der Waals surface area contributed by atoms with Gasteiger partial charge in [0.2, 0.25) is 5.91 Å². The van der Waals surface area contributed by atoms with Crippen LogP contribution in [0, 0.1) is 11.3 Å². The smallest absolute Gasteiger partial charge is 0.253 e. The van der Waals surface area contributed by atoms with E-state index in [1.54, 1.807) is 29.2 Å². The molecule has 5 heteroatoms. The van der Waals surface area contributed by atoms with Crippen LogP contribution in [0.4, 0.5) is 5.69 Å². The standard InChI is InChI=1S/C19H28N2O3/c1-4-19(2,3)18(24)20-16-9-5-8-15(11-16)17(23)21-10-6-7-14(12-21)13-22/h5,8-9,11,14,22H,4,6-7,10,12-13H2,1-3H3,(H,20,24). The summed E-state index contributed by atoms with van der Waals surface area (Å²) in [5.74, 6) is 0.0721. The first-order chi connectivity index (χ1) is 11.4. The van der Waals surface area contributed by atoms with Crippen molar-refractivity contribution < 1.29 is 14.7 Å². The van der Waals surface area contributed by atoms with Crippen LogP contribution in [0.15, 0.2) is 24.3 Å². The van der Waals surface area contributed by atoms with E-state index in [9.17, 15) is 14.7 Å². The van der Waals surface area contributed by atoms with Crippen molar-refractivity contribution in [2.24, 2.45) is 11.3 Å². The van der Waals surface area contributed by atoms with Crippen LogP contribution in [0.3, 0.4) is 0 Å². The van der Waals surface area contributed by atoms with E-state index in [2.05, 4.69) is 5.32 Å². The average Bonchev–Trinajstić information content (AvgIpc) is 2.61. The Morgan fingerprint density at radius 3 is 2.79 bits per heavy atom. The highest BCUT2D eigenvalue weighted by Gasteiger charge is 2.26. The van der Waals surface area contributed by atoms with E-state index in [4.69, 9.17) is 0 Å². The number of rotatable bonds is 5. The molecule has 0 radical (unpaired) electrons. The maximum absolute atomic E-state index is 12.7. The number of anilines is 1. The van der Waals surface area contributed by atoms with Crippen molar-refractivity contribution in [1.82, 2.24) is 4.90 Å². The molecule has 0 bridgehead atoms. The molecule has 0 spiro atoms. The third kappa shape index (κ3) is 4.35. The van der Waals surface area contributed by atoms with Gasteiger partial charge in [-0.1, -0.05) is 26.8 Å². The van der Waals surface area contributed by atoms with Gasteiger partial charge in [0.1, 0.15) is 0 Å². The predicted molar refractivity (Wildman–Crippen MR) is 94.9 cm³/mol. The molecule has 1 aromatic carbocycles. The molecule has 1 aliphatic rings. The van der Waals surface area contributed by atoms with Crippen LogP contribution < -0.4 is 5.32 Å². The van der Waals surface area contributed by atoms with Gasteiger partial charge >= 0.3 is 0 Å². The maximum Gasteiger partial charge on any atom is 0.253 e. The molecule has 0 saturated carbocycles. The molecule has 5 nitrogen and oxygen atoms in total. The van der Waals surface area contributed by atoms with Crippen molar-refractivity contribution in [3.8, 4) is 0 Å². The predicted octanol–water partition coefficient (Wildman–Crippen LogP) is 2.91. The highest BCUT2D eigenvalue weighted by Crippen LogP contribution is 2.23. The highest BCUT2D eigenvalue weighted by molar-refractivity contribution is 5.98. The van der Waals surface area contributed by atoms with E-state index in [1.807, 2.05) is 20.8 Å². The number of piperidine rings is 1. The molecule has 1 saturated heterocycles. The first-order valence-electron chi connectivity index (χ1n) is 8.69. The van der Waals surface area contributed by atoms with Gasteiger partial charge in [0.15, 0.2) is 0 Å². The summed E-state index contributed by atoms with van der Waals surface area (Å²) in [4.78, 5) is 26.8. The minimum absolute atomic E-state index is 0.0426. The van der Waals surface area contributed by atoms with E-state index >= 15 is 0 Å². The minimum Gasteiger partial charge on any atom is -0.396 e. The van der Waals surface area contributed by atoms with E-state index in [0.29, 0.717) is 17.8 Å². The van der Waals surface area contributed by atoms with Gasteiger partial charge in [-0.25, -0.2) is 0 Å². The number of hydrogen-bond donors (Lipinski definition) is 2. The zero-order valence-electron chi connectivity index (χ0n) is 14.8. The lowest BCUT2D eigenvalue weighted by Gasteiger charge is -2.32. The quantitative estimate of drug-likeness (QED) is 0.871. The second-order valence-corrected chi connectivity index (χ2v) is 7.21. The van der Waals surface area contributed by atoms with Crippen molar-refractivity contribution >= 4 is 17.5 Å². The fraction of sp³-hybridized carbons (Fsp3) is 0.579. The van der Waals surface area contributed by atoms with Gasteiger partial charge in [0, 0.05) is 36.4 Å². The minimum atomic E-state index is -0.443. The lowest BCUT2D eigenvalue weighted by molar-refractivity contribution is -0.124. The average molecular weight is 332 g/mol. The lowest BCUT2D eigenvalue weighted by Crippen LogP contribution is -2.41. The van der Waals surface area contributed by atoms with Gasteiger partial charge in [0.05, 0.1) is 0 Å². The molecule has 1 aliphatic heterocycles. The zero-order valence-corrected chi connectivity index (χ0v) is 14.8. The lowest BCUT2D eigenvalue weighted by atomic mass is 9.89. The summed E-state index contributed by atoms with van der Waals surface area (Å²) >= 11 is 0. The number of likely N-dealkylation sites (tertiary alicyclic amines) is 1. The molecule has 0 aliphatic carbocycles. The van der Waals surface area contributed by atoms with Crippen molar-refractivity contribution in [1.29, 1.82) is 0 Å². The summed E-state index contributed by atoms with van der Waals surface area (Å²) in [7, 11) is 0. The normalized spacial score (nSPS) is 18.3. The number of nitrogens with zero attached hydrogens (tertiary/aromatic N) is 1.